The van der Waals surface area contributed by atoms with E-state index in [0.717, 1.165) is 47.7 Å². The molecule has 0 unspecified atom stereocenters. The molecule has 9 aromatic carbocycles. The smallest absolute Gasteiger partial charge is 0.744 e. The van der Waals surface area contributed by atoms with Crippen LogP contribution in [0.15, 0.2) is 269 Å². The summed E-state index contributed by atoms with van der Waals surface area (Å²) in [6, 6.07) is 78.5. The van der Waals surface area contributed by atoms with Crippen LogP contribution in [0.5, 0.6) is 0 Å². The third kappa shape index (κ3) is 20.0. The van der Waals surface area contributed by atoms with Crippen LogP contribution < -0.4 is 202 Å². The van der Waals surface area contributed by atoms with E-state index in [-0.39, 0.29) is 189 Å². The van der Waals surface area contributed by atoms with Gasteiger partial charge in [0.15, 0.2) is 0 Å². The second-order valence-electron chi connectivity index (χ2n) is 14.9. The minimum atomic E-state index is -4.46. The van der Waals surface area contributed by atoms with Crippen LogP contribution in [0.25, 0.3) is 0 Å². The molecule has 0 saturated heterocycles. The molecule has 0 spiro atoms. The van der Waals surface area contributed by atoms with Gasteiger partial charge in [0, 0.05) is 20.4 Å². The first-order chi connectivity index (χ1) is 33.2. The molecule has 358 valence electrons. The number of rotatable bonds is 12. The minimum Gasteiger partial charge on any atom is -0.744 e. The first-order valence-electron chi connectivity index (χ1n) is 21.1. The maximum Gasteiger partial charge on any atom is 1.00 e. The molecule has 0 radical (unpaired) electrons. The zero-order valence-electron chi connectivity index (χ0n) is 39.8. The summed E-state index contributed by atoms with van der Waals surface area (Å²) >= 11 is 0. The van der Waals surface area contributed by atoms with E-state index in [9.17, 15) is 38.9 Å². The first-order valence-corrected chi connectivity index (χ1v) is 29.3. The van der Waals surface area contributed by atoms with E-state index >= 15 is 0 Å². The SMILES string of the molecule is O=S(=O)([O-])c1cccc(P(c2ccccc2)c2ccccc2)c1.O=S(=O)([O-])c1cccc(P(c2ccccc2)c2ccccc2)c1.O=S(=O)([O-])c1cccc(P(c2ccccc2)c2ccccc2)c1.[K+].[K+].[K+].[Pd]. The summed E-state index contributed by atoms with van der Waals surface area (Å²) < 4.78 is 102. The van der Waals surface area contributed by atoms with Crippen molar-refractivity contribution < 1.29 is 213 Å². The van der Waals surface area contributed by atoms with Gasteiger partial charge in [-0.2, -0.15) is 0 Å². The second-order valence-corrected chi connectivity index (χ2v) is 25.7. The van der Waals surface area contributed by atoms with Gasteiger partial charge in [-0.15, -0.1) is 0 Å². The van der Waals surface area contributed by atoms with Crippen molar-refractivity contribution in [3.63, 3.8) is 0 Å². The molecule has 9 rings (SSSR count). The Morgan fingerprint density at radius 3 is 0.534 bits per heavy atom. The van der Waals surface area contributed by atoms with Gasteiger partial charge in [-0.25, -0.2) is 25.3 Å². The van der Waals surface area contributed by atoms with Gasteiger partial charge in [-0.05, 0) is 108 Å². The molecule has 0 fully saturated rings. The van der Waals surface area contributed by atoms with Crippen LogP contribution in [0, 0.1) is 0 Å². The van der Waals surface area contributed by atoms with Gasteiger partial charge in [0.2, 0.25) is 0 Å². The van der Waals surface area contributed by atoms with Crippen molar-refractivity contribution in [1.82, 2.24) is 0 Å². The summed E-state index contributed by atoms with van der Waals surface area (Å²) in [7, 11) is -16.1. The van der Waals surface area contributed by atoms with E-state index in [0.29, 0.717) is 0 Å². The molecule has 0 saturated carbocycles. The summed E-state index contributed by atoms with van der Waals surface area (Å²) in [5, 5.41) is 9.16. The average molecular weight is 1250 g/mol. The van der Waals surface area contributed by atoms with Crippen LogP contribution in [0.3, 0.4) is 0 Å². The maximum atomic E-state index is 11.3. The van der Waals surface area contributed by atoms with Gasteiger partial charge in [-0.1, -0.05) is 218 Å². The minimum absolute atomic E-state index is 0. The predicted octanol–water partition coefficient (Wildman–Crippen LogP) is -1.94. The predicted molar refractivity (Wildman–Crippen MR) is 279 cm³/mol. The van der Waals surface area contributed by atoms with Crippen LogP contribution in [0.4, 0.5) is 0 Å². The fourth-order valence-corrected chi connectivity index (χ4v) is 16.0. The quantitative estimate of drug-likeness (QED) is 0.0768. The van der Waals surface area contributed by atoms with E-state index in [1.807, 2.05) is 200 Å². The molecular weight excluding hydrogens is 1210 g/mol. The van der Waals surface area contributed by atoms with E-state index < -0.39 is 54.1 Å². The van der Waals surface area contributed by atoms with Crippen LogP contribution >= 0.6 is 23.8 Å². The Morgan fingerprint density at radius 1 is 0.233 bits per heavy atom. The summed E-state index contributed by atoms with van der Waals surface area (Å²) in [4.78, 5) is -0.557. The Kier molecular flexibility index (Phi) is 29.9. The van der Waals surface area contributed by atoms with Crippen molar-refractivity contribution in [2.75, 3.05) is 0 Å². The summed E-state index contributed by atoms with van der Waals surface area (Å²) in [6.45, 7) is 0. The molecule has 19 heteroatoms. The van der Waals surface area contributed by atoms with E-state index in [4.69, 9.17) is 0 Å². The Balaban J connectivity index is 0.000000281. The number of benzene rings is 9. The molecule has 0 bridgehead atoms. The van der Waals surface area contributed by atoms with Gasteiger partial charge >= 0.3 is 154 Å². The van der Waals surface area contributed by atoms with Gasteiger partial charge in [0.1, 0.15) is 30.4 Å². The van der Waals surface area contributed by atoms with Crippen molar-refractivity contribution in [1.29, 1.82) is 0 Å². The van der Waals surface area contributed by atoms with Crippen molar-refractivity contribution in [2.45, 2.75) is 14.7 Å². The standard InChI is InChI=1S/3C18H15O3PS.3K.Pd/c3*19-23(20,21)18-13-7-12-17(14-18)22(15-8-3-1-4-9-15)16-10-5-2-6-11-16;;;;/h3*1-14H,(H,19,20,21);;;;/q;;;3*+1;/p-3. The second kappa shape index (κ2) is 32.6. The first kappa shape index (κ1) is 66.8. The van der Waals surface area contributed by atoms with Gasteiger partial charge < -0.3 is 13.7 Å². The molecule has 0 aromatic heterocycles. The molecule has 9 aromatic rings. The number of hydrogen-bond donors (Lipinski definition) is 0. The molecule has 0 heterocycles. The third-order valence-corrected chi connectivity index (χ3v) is 19.9. The van der Waals surface area contributed by atoms with Crippen molar-refractivity contribution in [3.8, 4) is 0 Å². The largest absolute Gasteiger partial charge is 1.00 e. The summed E-state index contributed by atoms with van der Waals surface area (Å²) in [5.74, 6) is 0. The van der Waals surface area contributed by atoms with Gasteiger partial charge in [0.25, 0.3) is 0 Å². The zero-order valence-corrected chi connectivity index (χ0v) is 55.9. The van der Waals surface area contributed by atoms with Crippen molar-refractivity contribution in [3.05, 3.63) is 255 Å². The number of hydrogen-bond acceptors (Lipinski definition) is 9. The Hall–Kier alpha value is -0.429. The molecule has 73 heavy (non-hydrogen) atoms. The molecule has 0 amide bonds. The van der Waals surface area contributed by atoms with Crippen LogP contribution in [0.1, 0.15) is 0 Å². The topological polar surface area (TPSA) is 172 Å². The van der Waals surface area contributed by atoms with Crippen LogP contribution in [0.2, 0.25) is 0 Å². The molecule has 9 nitrogen and oxygen atoms in total. The van der Waals surface area contributed by atoms with Crippen LogP contribution in [-0.4, -0.2) is 38.9 Å². The van der Waals surface area contributed by atoms with E-state index in [1.165, 1.54) is 36.4 Å². The Labute approximate surface area is 574 Å². The molecule has 0 atom stereocenters. The summed E-state index contributed by atoms with van der Waals surface area (Å²) in [5.41, 5.74) is 0. The molecular formula is C54H42K3O9P3PdS3. The summed E-state index contributed by atoms with van der Waals surface area (Å²) in [6.07, 6.45) is 0. The van der Waals surface area contributed by atoms with Gasteiger partial charge in [0.05, 0.1) is 14.7 Å². The maximum absolute atomic E-state index is 11.3. The molecule has 0 aliphatic heterocycles. The van der Waals surface area contributed by atoms with E-state index in [2.05, 4.69) is 0 Å². The van der Waals surface area contributed by atoms with Crippen molar-refractivity contribution in [2.24, 2.45) is 0 Å². The van der Waals surface area contributed by atoms with Crippen LogP contribution in [-0.2, 0) is 50.8 Å². The monoisotopic (exact) mass is 1250 g/mol. The molecule has 0 aliphatic rings. The van der Waals surface area contributed by atoms with E-state index in [1.54, 1.807) is 18.2 Å². The van der Waals surface area contributed by atoms with Crippen molar-refractivity contribution >= 4 is 102 Å². The Morgan fingerprint density at radius 2 is 0.384 bits per heavy atom. The molecule has 0 N–H and O–H groups in total. The van der Waals surface area contributed by atoms with Gasteiger partial charge in [-0.3, -0.25) is 0 Å². The zero-order chi connectivity index (χ0) is 48.9. The fourth-order valence-electron chi connectivity index (χ4n) is 7.14. The fraction of sp³-hybridized carbons (Fsp3) is 0. The molecule has 0 aliphatic carbocycles. The third-order valence-electron chi connectivity index (χ3n) is 10.2. The normalized spacial score (nSPS) is 10.9. The average Bonchev–Trinajstić information content (AvgIpc) is 3.36. The Bertz CT molecular complexity index is 2960.